The van der Waals surface area contributed by atoms with E-state index in [0.29, 0.717) is 11.6 Å². The number of hydrogen-bond donors (Lipinski definition) is 3. The van der Waals surface area contributed by atoms with Crippen molar-refractivity contribution in [1.82, 2.24) is 20.6 Å². The van der Waals surface area contributed by atoms with Crippen LogP contribution in [0, 0.1) is 0 Å². The summed E-state index contributed by atoms with van der Waals surface area (Å²) in [6.45, 7) is 2.30. The molecule has 6 nitrogen and oxygen atoms in total. The summed E-state index contributed by atoms with van der Waals surface area (Å²) in [5, 5.41) is 7.04. The maximum Gasteiger partial charge on any atom is 0.273 e. The third kappa shape index (κ3) is 3.49. The lowest BCUT2D eigenvalue weighted by molar-refractivity contribution is 0.0933. The molecule has 7 heteroatoms. The first-order chi connectivity index (χ1) is 11.6. The number of piperidine rings is 1. The Bertz CT molecular complexity index is 730. The number of aromatic nitrogens is 2. The van der Waals surface area contributed by atoms with Gasteiger partial charge in [-0.15, -0.1) is 0 Å². The molecule has 2 aromatic rings. The lowest BCUT2D eigenvalue weighted by atomic mass is 9.73. The van der Waals surface area contributed by atoms with E-state index in [9.17, 15) is 4.79 Å². The van der Waals surface area contributed by atoms with Crippen LogP contribution >= 0.6 is 11.6 Å². The Hall–Kier alpha value is -2.18. The quantitative estimate of drug-likeness (QED) is 0.785. The summed E-state index contributed by atoms with van der Waals surface area (Å²) in [5.41, 5.74) is 6.88. The standard InChI is InChI=1S/C17H20ClN5O/c18-13-3-1-2-12(10-13)17(4-6-20-7-5-17)11-23-16(24)14-15(19)22-9-8-21-14/h1-3,8-10,20H,4-7,11H2,(H2,19,22)(H,23,24). The summed E-state index contributed by atoms with van der Waals surface area (Å²) in [5.74, 6) is -0.169. The molecule has 0 aliphatic carbocycles. The minimum absolute atomic E-state index is 0.136. The Labute approximate surface area is 145 Å². The van der Waals surface area contributed by atoms with Crippen molar-refractivity contribution >= 4 is 23.3 Å². The van der Waals surface area contributed by atoms with E-state index < -0.39 is 0 Å². The topological polar surface area (TPSA) is 92.9 Å². The Morgan fingerprint density at radius 2 is 2.04 bits per heavy atom. The molecule has 1 aromatic heterocycles. The van der Waals surface area contributed by atoms with E-state index in [1.807, 2.05) is 18.2 Å². The van der Waals surface area contributed by atoms with Gasteiger partial charge in [0.1, 0.15) is 0 Å². The molecular formula is C17H20ClN5O. The van der Waals surface area contributed by atoms with Crippen LogP contribution in [0.4, 0.5) is 5.82 Å². The van der Waals surface area contributed by atoms with E-state index >= 15 is 0 Å². The van der Waals surface area contributed by atoms with Gasteiger partial charge in [-0.2, -0.15) is 0 Å². The zero-order valence-electron chi connectivity index (χ0n) is 13.3. The van der Waals surface area contributed by atoms with Crippen molar-refractivity contribution in [3.8, 4) is 0 Å². The van der Waals surface area contributed by atoms with Crippen LogP contribution in [0.5, 0.6) is 0 Å². The number of nitrogens with zero attached hydrogens (tertiary/aromatic N) is 2. The highest BCUT2D eigenvalue weighted by Gasteiger charge is 2.34. The van der Waals surface area contributed by atoms with E-state index in [0.717, 1.165) is 31.5 Å². The van der Waals surface area contributed by atoms with Crippen LogP contribution in [-0.2, 0) is 5.41 Å². The minimum Gasteiger partial charge on any atom is -0.382 e. The van der Waals surface area contributed by atoms with E-state index in [-0.39, 0.29) is 22.8 Å². The molecular weight excluding hydrogens is 326 g/mol. The van der Waals surface area contributed by atoms with Crippen molar-refractivity contribution in [2.45, 2.75) is 18.3 Å². The van der Waals surface area contributed by atoms with Crippen LogP contribution in [0.2, 0.25) is 5.02 Å². The van der Waals surface area contributed by atoms with Gasteiger partial charge in [0.15, 0.2) is 11.5 Å². The fourth-order valence-corrected chi connectivity index (χ4v) is 3.34. The number of carbonyl (C=O) groups excluding carboxylic acids is 1. The molecule has 0 spiro atoms. The Kier molecular flexibility index (Phi) is 4.97. The fourth-order valence-electron chi connectivity index (χ4n) is 3.15. The van der Waals surface area contributed by atoms with E-state index in [1.165, 1.54) is 12.4 Å². The molecule has 1 aliphatic heterocycles. The maximum absolute atomic E-state index is 12.4. The molecule has 1 fully saturated rings. The van der Waals surface area contributed by atoms with Crippen LogP contribution in [0.1, 0.15) is 28.9 Å². The second-order valence-corrected chi connectivity index (χ2v) is 6.45. The molecule has 1 aromatic carbocycles. The van der Waals surface area contributed by atoms with Crippen LogP contribution in [0.15, 0.2) is 36.7 Å². The predicted octanol–water partition coefficient (Wildman–Crippen LogP) is 1.76. The molecule has 0 bridgehead atoms. The van der Waals surface area contributed by atoms with Crippen LogP contribution in [0.25, 0.3) is 0 Å². The Morgan fingerprint density at radius 1 is 1.29 bits per heavy atom. The number of nitrogens with one attached hydrogen (secondary N) is 2. The van der Waals surface area contributed by atoms with Gasteiger partial charge in [-0.1, -0.05) is 23.7 Å². The summed E-state index contributed by atoms with van der Waals surface area (Å²) in [4.78, 5) is 20.3. The lowest BCUT2D eigenvalue weighted by Crippen LogP contribution is -2.47. The molecule has 0 unspecified atom stereocenters. The summed E-state index contributed by atoms with van der Waals surface area (Å²) >= 11 is 6.17. The van der Waals surface area contributed by atoms with Gasteiger partial charge in [0.05, 0.1) is 0 Å². The van der Waals surface area contributed by atoms with Gasteiger partial charge in [-0.05, 0) is 43.6 Å². The zero-order chi connectivity index (χ0) is 17.0. The normalized spacial score (nSPS) is 16.5. The third-order valence-electron chi connectivity index (χ3n) is 4.53. The van der Waals surface area contributed by atoms with E-state index in [2.05, 4.69) is 26.7 Å². The van der Waals surface area contributed by atoms with Crippen molar-refractivity contribution in [2.75, 3.05) is 25.4 Å². The van der Waals surface area contributed by atoms with E-state index in [1.54, 1.807) is 0 Å². The second-order valence-electron chi connectivity index (χ2n) is 6.01. The largest absolute Gasteiger partial charge is 0.382 e. The first-order valence-electron chi connectivity index (χ1n) is 7.92. The molecule has 1 amide bonds. The van der Waals surface area contributed by atoms with Crippen molar-refractivity contribution in [2.24, 2.45) is 0 Å². The number of anilines is 1. The SMILES string of the molecule is Nc1nccnc1C(=O)NCC1(c2cccc(Cl)c2)CCNCC1. The van der Waals surface area contributed by atoms with Gasteiger partial charge in [-0.3, -0.25) is 4.79 Å². The van der Waals surface area contributed by atoms with Gasteiger partial charge >= 0.3 is 0 Å². The monoisotopic (exact) mass is 345 g/mol. The van der Waals surface area contributed by atoms with Gasteiger partial charge in [0.2, 0.25) is 0 Å². The smallest absolute Gasteiger partial charge is 0.273 e. The summed E-state index contributed by atoms with van der Waals surface area (Å²) in [6.07, 6.45) is 4.77. The molecule has 2 heterocycles. The minimum atomic E-state index is -0.305. The van der Waals surface area contributed by atoms with Gasteiger partial charge < -0.3 is 16.4 Å². The Morgan fingerprint density at radius 3 is 2.75 bits per heavy atom. The van der Waals surface area contributed by atoms with Crippen molar-refractivity contribution < 1.29 is 4.79 Å². The molecule has 4 N–H and O–H groups in total. The number of carbonyl (C=O) groups is 1. The van der Waals surface area contributed by atoms with E-state index in [4.69, 9.17) is 17.3 Å². The highest BCUT2D eigenvalue weighted by atomic mass is 35.5. The predicted molar refractivity (Wildman–Crippen MR) is 94.0 cm³/mol. The maximum atomic E-state index is 12.4. The molecule has 1 saturated heterocycles. The number of nitrogen functional groups attached to an aromatic ring is 1. The highest BCUT2D eigenvalue weighted by Crippen LogP contribution is 2.34. The average Bonchev–Trinajstić information content (AvgIpc) is 2.61. The molecule has 24 heavy (non-hydrogen) atoms. The number of amides is 1. The first-order valence-corrected chi connectivity index (χ1v) is 8.30. The van der Waals surface area contributed by atoms with Crippen molar-refractivity contribution in [1.29, 1.82) is 0 Å². The summed E-state index contributed by atoms with van der Waals surface area (Å²) < 4.78 is 0. The lowest BCUT2D eigenvalue weighted by Gasteiger charge is -2.38. The van der Waals surface area contributed by atoms with Crippen LogP contribution in [-0.4, -0.2) is 35.5 Å². The van der Waals surface area contributed by atoms with Gasteiger partial charge in [-0.25, -0.2) is 9.97 Å². The number of rotatable bonds is 4. The molecule has 3 rings (SSSR count). The zero-order valence-corrected chi connectivity index (χ0v) is 14.0. The van der Waals surface area contributed by atoms with Crippen molar-refractivity contribution in [3.05, 3.63) is 52.9 Å². The van der Waals surface area contributed by atoms with Gasteiger partial charge in [0.25, 0.3) is 5.91 Å². The number of nitrogens with two attached hydrogens (primary N) is 1. The van der Waals surface area contributed by atoms with Crippen LogP contribution < -0.4 is 16.4 Å². The molecule has 0 radical (unpaired) electrons. The molecule has 126 valence electrons. The third-order valence-corrected chi connectivity index (χ3v) is 4.76. The van der Waals surface area contributed by atoms with Crippen molar-refractivity contribution in [3.63, 3.8) is 0 Å². The number of hydrogen-bond acceptors (Lipinski definition) is 5. The number of halogens is 1. The second kappa shape index (κ2) is 7.15. The fraction of sp³-hybridized carbons (Fsp3) is 0.353. The highest BCUT2D eigenvalue weighted by molar-refractivity contribution is 6.30. The van der Waals surface area contributed by atoms with Crippen LogP contribution in [0.3, 0.4) is 0 Å². The molecule has 0 atom stereocenters. The Balaban J connectivity index is 1.80. The summed E-state index contributed by atoms with van der Waals surface area (Å²) in [7, 11) is 0. The average molecular weight is 346 g/mol. The first kappa shape index (κ1) is 16.7. The number of benzene rings is 1. The summed E-state index contributed by atoms with van der Waals surface area (Å²) in [6, 6.07) is 7.86. The molecule has 1 aliphatic rings. The molecule has 0 saturated carbocycles. The van der Waals surface area contributed by atoms with Gasteiger partial charge in [0, 0.05) is 29.4 Å².